The topological polar surface area (TPSA) is 106 Å². The van der Waals surface area contributed by atoms with Gasteiger partial charge in [-0.15, -0.1) is 0 Å². The number of piperidine rings is 1. The van der Waals surface area contributed by atoms with E-state index >= 15 is 0 Å². The van der Waals surface area contributed by atoms with E-state index in [4.69, 9.17) is 25.8 Å². The van der Waals surface area contributed by atoms with Gasteiger partial charge in [-0.1, -0.05) is 29.8 Å². The zero-order valence-electron chi connectivity index (χ0n) is 24.0. The molecule has 3 amide bonds. The van der Waals surface area contributed by atoms with Gasteiger partial charge in [0.05, 0.1) is 23.7 Å². The van der Waals surface area contributed by atoms with E-state index in [1.165, 1.54) is 19.2 Å². The minimum absolute atomic E-state index is 0.119. The molecule has 3 aromatic rings. The highest BCUT2D eigenvalue weighted by Crippen LogP contribution is 2.29. The van der Waals surface area contributed by atoms with Crippen LogP contribution in [0.5, 0.6) is 17.2 Å². The van der Waals surface area contributed by atoms with Crippen molar-refractivity contribution in [2.45, 2.75) is 44.9 Å². The van der Waals surface area contributed by atoms with Crippen molar-refractivity contribution in [3.05, 3.63) is 87.7 Å². The smallest absolute Gasteiger partial charge is 0.258 e. The number of halogens is 2. The molecule has 3 aromatic carbocycles. The molecule has 0 spiro atoms. The summed E-state index contributed by atoms with van der Waals surface area (Å²) in [4.78, 5) is 40.9. The van der Waals surface area contributed by atoms with Crippen molar-refractivity contribution in [1.29, 1.82) is 0 Å². The molecular weight excluding hydrogens is 577 g/mol. The van der Waals surface area contributed by atoms with E-state index in [1.807, 2.05) is 19.1 Å². The Morgan fingerprint density at radius 3 is 2.70 bits per heavy atom. The van der Waals surface area contributed by atoms with Gasteiger partial charge in [-0.3, -0.25) is 14.4 Å². The highest BCUT2D eigenvalue weighted by Gasteiger charge is 2.35. The summed E-state index contributed by atoms with van der Waals surface area (Å²) in [5, 5.41) is 6.13. The second kappa shape index (κ2) is 13.3. The average Bonchev–Trinajstić information content (AvgIpc) is 2.98. The molecule has 1 saturated heterocycles. The van der Waals surface area contributed by atoms with Crippen molar-refractivity contribution in [2.75, 3.05) is 26.8 Å². The largest absolute Gasteiger partial charge is 0.493 e. The molecule has 4 bridgehead atoms. The van der Waals surface area contributed by atoms with Gasteiger partial charge in [0.1, 0.15) is 17.7 Å². The quantitative estimate of drug-likeness (QED) is 0.451. The molecule has 2 aliphatic rings. The monoisotopic (exact) mass is 609 g/mol. The van der Waals surface area contributed by atoms with Gasteiger partial charge >= 0.3 is 0 Å². The maximum Gasteiger partial charge on any atom is 0.258 e. The second-order valence-corrected chi connectivity index (χ2v) is 11.1. The standard InChI is InChI=1S/C32H33ClFN3O6/c1-19-4-3-5-24(33)31(19)32(40)37-11-10-26-25(17-37)36-30(39)18-42-28-14-20(6-8-27(28)41-2)7-9-29(38)35-16-21-12-22(34)15-23(13-21)43-26/h3-6,8,12-15,25-26H,7,9-11,16-18H2,1-2H3,(H,35,38)(H,36,39)/t25-,26-/m1/s1. The zero-order chi connectivity index (χ0) is 30.5. The number of nitrogens with one attached hydrogen (secondary N) is 2. The molecule has 226 valence electrons. The Kier molecular flexibility index (Phi) is 9.35. The van der Waals surface area contributed by atoms with Crippen LogP contribution in [0.1, 0.15) is 39.9 Å². The lowest BCUT2D eigenvalue weighted by atomic mass is 9.99. The molecular formula is C32H33ClFN3O6. The minimum Gasteiger partial charge on any atom is -0.493 e. The number of amides is 3. The molecule has 2 heterocycles. The van der Waals surface area contributed by atoms with Gasteiger partial charge in [0.15, 0.2) is 18.1 Å². The number of aryl methyl sites for hydroxylation is 2. The van der Waals surface area contributed by atoms with Crippen LogP contribution in [0.25, 0.3) is 0 Å². The fraction of sp³-hybridized carbons (Fsp3) is 0.344. The summed E-state index contributed by atoms with van der Waals surface area (Å²) in [6.07, 6.45) is 0.409. The predicted molar refractivity (Wildman–Crippen MR) is 158 cm³/mol. The number of fused-ring (bicyclic) bond motifs is 5. The molecule has 0 unspecified atom stereocenters. The fourth-order valence-electron chi connectivity index (χ4n) is 5.35. The van der Waals surface area contributed by atoms with Gasteiger partial charge in [0, 0.05) is 38.5 Å². The Hall–Kier alpha value is -4.31. The number of carbonyl (C=O) groups excluding carboxylic acids is 3. The van der Waals surface area contributed by atoms with E-state index in [2.05, 4.69) is 10.6 Å². The van der Waals surface area contributed by atoms with Crippen molar-refractivity contribution in [3.8, 4) is 17.2 Å². The number of rotatable bonds is 2. The van der Waals surface area contributed by atoms with Gasteiger partial charge in [-0.25, -0.2) is 4.39 Å². The Labute approximate surface area is 254 Å². The Morgan fingerprint density at radius 2 is 1.91 bits per heavy atom. The molecule has 43 heavy (non-hydrogen) atoms. The highest BCUT2D eigenvalue weighted by atomic mass is 35.5. The maximum absolute atomic E-state index is 14.6. The number of likely N-dealkylation sites (tertiary alicyclic amines) is 1. The van der Waals surface area contributed by atoms with E-state index in [0.717, 1.165) is 11.1 Å². The number of benzene rings is 3. The van der Waals surface area contributed by atoms with E-state index in [9.17, 15) is 18.8 Å². The van der Waals surface area contributed by atoms with Crippen LogP contribution in [0.2, 0.25) is 5.02 Å². The number of hydrogen-bond donors (Lipinski definition) is 2. The molecule has 0 aliphatic carbocycles. The van der Waals surface area contributed by atoms with E-state index in [-0.39, 0.29) is 43.7 Å². The first kappa shape index (κ1) is 30.2. The third-order valence-electron chi connectivity index (χ3n) is 7.55. The second-order valence-electron chi connectivity index (χ2n) is 10.6. The molecule has 9 nitrogen and oxygen atoms in total. The van der Waals surface area contributed by atoms with Gasteiger partial charge in [-0.05, 0) is 60.4 Å². The number of nitrogens with zero attached hydrogens (tertiary/aromatic N) is 1. The lowest BCUT2D eigenvalue weighted by molar-refractivity contribution is -0.125. The van der Waals surface area contributed by atoms with Crippen LogP contribution >= 0.6 is 11.6 Å². The molecule has 2 aliphatic heterocycles. The maximum atomic E-state index is 14.6. The summed E-state index contributed by atoms with van der Waals surface area (Å²) in [7, 11) is 1.50. The van der Waals surface area contributed by atoms with E-state index < -0.39 is 23.9 Å². The minimum atomic E-state index is -0.643. The van der Waals surface area contributed by atoms with Crippen molar-refractivity contribution in [1.82, 2.24) is 15.5 Å². The molecule has 0 aromatic heterocycles. The van der Waals surface area contributed by atoms with Crippen LogP contribution < -0.4 is 24.8 Å². The summed E-state index contributed by atoms with van der Waals surface area (Å²) >= 11 is 6.38. The summed E-state index contributed by atoms with van der Waals surface area (Å²) in [5.41, 5.74) is 2.51. The van der Waals surface area contributed by atoms with Crippen LogP contribution in [0.3, 0.4) is 0 Å². The van der Waals surface area contributed by atoms with Crippen molar-refractivity contribution in [3.63, 3.8) is 0 Å². The first-order valence-corrected chi connectivity index (χ1v) is 14.4. The number of ether oxygens (including phenoxy) is 3. The number of carbonyl (C=O) groups is 3. The Balaban J connectivity index is 1.43. The summed E-state index contributed by atoms with van der Waals surface area (Å²) in [6.45, 7) is 2.08. The zero-order valence-corrected chi connectivity index (χ0v) is 24.7. The summed E-state index contributed by atoms with van der Waals surface area (Å²) < 4.78 is 32.0. The summed E-state index contributed by atoms with van der Waals surface area (Å²) in [6, 6.07) is 14.2. The van der Waals surface area contributed by atoms with Gasteiger partial charge < -0.3 is 29.7 Å². The molecule has 5 rings (SSSR count). The molecule has 1 fully saturated rings. The van der Waals surface area contributed by atoms with Crippen molar-refractivity contribution < 1.29 is 33.0 Å². The SMILES string of the molecule is COc1ccc2cc1OCC(=O)N[C@@H]1CN(C(=O)c3c(C)cccc3Cl)CC[C@H]1Oc1cc(F)cc(c1)CNC(=O)CC2. The van der Waals surface area contributed by atoms with Gasteiger partial charge in [-0.2, -0.15) is 0 Å². The molecule has 0 radical (unpaired) electrons. The highest BCUT2D eigenvalue weighted by molar-refractivity contribution is 6.34. The first-order valence-electron chi connectivity index (χ1n) is 14.1. The summed E-state index contributed by atoms with van der Waals surface area (Å²) in [5.74, 6) is -0.334. The van der Waals surface area contributed by atoms with Gasteiger partial charge in [0.2, 0.25) is 5.91 Å². The molecule has 11 heteroatoms. The van der Waals surface area contributed by atoms with Crippen LogP contribution in [0.4, 0.5) is 4.39 Å². The Bertz CT molecular complexity index is 1510. The number of hydrogen-bond acceptors (Lipinski definition) is 6. The average molecular weight is 610 g/mol. The predicted octanol–water partition coefficient (Wildman–Crippen LogP) is 4.22. The van der Waals surface area contributed by atoms with Crippen molar-refractivity contribution >= 4 is 29.3 Å². The molecule has 2 atom stereocenters. The van der Waals surface area contributed by atoms with Crippen LogP contribution in [0, 0.1) is 12.7 Å². The molecule has 0 saturated carbocycles. The molecule has 2 N–H and O–H groups in total. The first-order chi connectivity index (χ1) is 20.7. The lowest BCUT2D eigenvalue weighted by Crippen LogP contribution is -2.58. The fourth-order valence-corrected chi connectivity index (χ4v) is 5.65. The van der Waals surface area contributed by atoms with E-state index in [1.54, 1.807) is 35.2 Å². The van der Waals surface area contributed by atoms with Crippen LogP contribution in [-0.2, 0) is 22.6 Å². The Morgan fingerprint density at radius 1 is 1.07 bits per heavy atom. The lowest BCUT2D eigenvalue weighted by Gasteiger charge is -2.39. The van der Waals surface area contributed by atoms with Gasteiger partial charge in [0.25, 0.3) is 11.8 Å². The van der Waals surface area contributed by atoms with Crippen LogP contribution in [0.15, 0.2) is 54.6 Å². The number of methoxy groups -OCH3 is 1. The third kappa shape index (κ3) is 7.37. The normalized spacial score (nSPS) is 19.4. The van der Waals surface area contributed by atoms with Crippen LogP contribution in [-0.4, -0.2) is 61.6 Å². The van der Waals surface area contributed by atoms with Crippen molar-refractivity contribution in [2.24, 2.45) is 0 Å². The van der Waals surface area contributed by atoms with E-state index in [0.29, 0.717) is 47.0 Å². The third-order valence-corrected chi connectivity index (χ3v) is 7.87.